The normalized spacial score (nSPS) is 19.8. The van der Waals surface area contributed by atoms with Crippen molar-refractivity contribution in [1.82, 2.24) is 4.90 Å². The molecule has 1 saturated heterocycles. The predicted molar refractivity (Wildman–Crippen MR) is 80.2 cm³/mol. The molecule has 0 spiro atoms. The number of benzene rings is 1. The molecular formula is C17H25NO. The first-order valence-electron chi connectivity index (χ1n) is 7.35. The fourth-order valence-corrected chi connectivity index (χ4v) is 2.97. The van der Waals surface area contributed by atoms with Gasteiger partial charge in [0, 0.05) is 13.1 Å². The van der Waals surface area contributed by atoms with E-state index >= 15 is 0 Å². The Morgan fingerprint density at radius 1 is 1.26 bits per heavy atom. The SMILES string of the molecule is C=CC(CCCC)(c1ccccc1)N1CCOCC1. The van der Waals surface area contributed by atoms with Gasteiger partial charge in [0.15, 0.2) is 0 Å². The summed E-state index contributed by atoms with van der Waals surface area (Å²) in [5.41, 5.74) is 1.33. The molecule has 0 N–H and O–H groups in total. The van der Waals surface area contributed by atoms with Gasteiger partial charge in [-0.05, 0) is 12.0 Å². The summed E-state index contributed by atoms with van der Waals surface area (Å²) in [6.45, 7) is 10.0. The number of nitrogens with zero attached hydrogens (tertiary/aromatic N) is 1. The third-order valence-corrected chi connectivity index (χ3v) is 4.10. The molecule has 19 heavy (non-hydrogen) atoms. The highest BCUT2D eigenvalue weighted by molar-refractivity contribution is 5.29. The maximum Gasteiger partial charge on any atom is 0.0644 e. The van der Waals surface area contributed by atoms with Crippen molar-refractivity contribution in [3.05, 3.63) is 48.6 Å². The summed E-state index contributed by atoms with van der Waals surface area (Å²) in [6.07, 6.45) is 5.71. The number of rotatable bonds is 6. The van der Waals surface area contributed by atoms with Crippen LogP contribution in [0.5, 0.6) is 0 Å². The van der Waals surface area contributed by atoms with Crippen molar-refractivity contribution in [3.63, 3.8) is 0 Å². The summed E-state index contributed by atoms with van der Waals surface area (Å²) < 4.78 is 5.50. The van der Waals surface area contributed by atoms with Gasteiger partial charge in [0.1, 0.15) is 0 Å². The van der Waals surface area contributed by atoms with Crippen LogP contribution in [-0.4, -0.2) is 31.2 Å². The zero-order valence-corrected chi connectivity index (χ0v) is 12.0. The monoisotopic (exact) mass is 259 g/mol. The Morgan fingerprint density at radius 2 is 1.95 bits per heavy atom. The van der Waals surface area contributed by atoms with Crippen LogP contribution in [0.1, 0.15) is 31.7 Å². The van der Waals surface area contributed by atoms with Crippen LogP contribution < -0.4 is 0 Å². The second kappa shape index (κ2) is 6.88. The third-order valence-electron chi connectivity index (χ3n) is 4.10. The third kappa shape index (κ3) is 3.07. The van der Waals surface area contributed by atoms with Crippen LogP contribution in [0, 0.1) is 0 Å². The molecule has 0 amide bonds. The van der Waals surface area contributed by atoms with Crippen molar-refractivity contribution >= 4 is 0 Å². The molecule has 1 aliphatic heterocycles. The van der Waals surface area contributed by atoms with Crippen LogP contribution in [0.3, 0.4) is 0 Å². The lowest BCUT2D eigenvalue weighted by Gasteiger charge is -2.44. The zero-order valence-electron chi connectivity index (χ0n) is 12.0. The van der Waals surface area contributed by atoms with E-state index in [1.165, 1.54) is 18.4 Å². The van der Waals surface area contributed by atoms with Gasteiger partial charge < -0.3 is 4.74 Å². The van der Waals surface area contributed by atoms with Crippen LogP contribution in [-0.2, 0) is 10.3 Å². The van der Waals surface area contributed by atoms with Gasteiger partial charge in [-0.3, -0.25) is 4.90 Å². The molecular weight excluding hydrogens is 234 g/mol. The first-order valence-corrected chi connectivity index (χ1v) is 7.35. The number of ether oxygens (including phenoxy) is 1. The first-order chi connectivity index (χ1) is 9.33. The largest absolute Gasteiger partial charge is 0.379 e. The molecule has 1 aliphatic rings. The molecule has 0 aromatic heterocycles. The van der Waals surface area contributed by atoms with Crippen LogP contribution in [0.2, 0.25) is 0 Å². The Balaban J connectivity index is 2.32. The van der Waals surface area contributed by atoms with E-state index in [2.05, 4.69) is 54.8 Å². The van der Waals surface area contributed by atoms with Crippen molar-refractivity contribution in [2.45, 2.75) is 31.7 Å². The molecule has 1 aromatic carbocycles. The molecule has 0 radical (unpaired) electrons. The summed E-state index contributed by atoms with van der Waals surface area (Å²) >= 11 is 0. The number of unbranched alkanes of at least 4 members (excludes halogenated alkanes) is 1. The van der Waals surface area contributed by atoms with Gasteiger partial charge in [-0.25, -0.2) is 0 Å². The Kier molecular flexibility index (Phi) is 5.17. The van der Waals surface area contributed by atoms with Gasteiger partial charge in [-0.2, -0.15) is 0 Å². The zero-order chi connectivity index (χ0) is 13.6. The van der Waals surface area contributed by atoms with Gasteiger partial charge in [0.2, 0.25) is 0 Å². The van der Waals surface area contributed by atoms with Crippen LogP contribution in [0.15, 0.2) is 43.0 Å². The summed E-state index contributed by atoms with van der Waals surface area (Å²) in [5, 5.41) is 0. The average molecular weight is 259 g/mol. The van der Waals surface area contributed by atoms with E-state index in [1.807, 2.05) is 0 Å². The Morgan fingerprint density at radius 3 is 2.53 bits per heavy atom. The minimum absolute atomic E-state index is 0.0267. The van der Waals surface area contributed by atoms with Crippen molar-refractivity contribution < 1.29 is 4.74 Å². The topological polar surface area (TPSA) is 12.5 Å². The van der Waals surface area contributed by atoms with Crippen LogP contribution >= 0.6 is 0 Å². The lowest BCUT2D eigenvalue weighted by atomic mass is 9.83. The molecule has 2 heteroatoms. The molecule has 0 saturated carbocycles. The second-order valence-corrected chi connectivity index (χ2v) is 5.20. The van der Waals surface area contributed by atoms with Gasteiger partial charge >= 0.3 is 0 Å². The van der Waals surface area contributed by atoms with E-state index in [4.69, 9.17) is 4.74 Å². The van der Waals surface area contributed by atoms with Crippen LogP contribution in [0.4, 0.5) is 0 Å². The fraction of sp³-hybridized carbons (Fsp3) is 0.529. The summed E-state index contributed by atoms with van der Waals surface area (Å²) in [4.78, 5) is 2.54. The van der Waals surface area contributed by atoms with Crippen LogP contribution in [0.25, 0.3) is 0 Å². The van der Waals surface area contributed by atoms with E-state index in [0.29, 0.717) is 0 Å². The molecule has 1 fully saturated rings. The fourth-order valence-electron chi connectivity index (χ4n) is 2.97. The summed E-state index contributed by atoms with van der Waals surface area (Å²) in [5.74, 6) is 0. The van der Waals surface area contributed by atoms with Gasteiger partial charge in [0.05, 0.1) is 18.8 Å². The molecule has 2 rings (SSSR count). The van der Waals surface area contributed by atoms with Crippen molar-refractivity contribution in [2.75, 3.05) is 26.3 Å². The van der Waals surface area contributed by atoms with Gasteiger partial charge in [-0.1, -0.05) is 56.2 Å². The first kappa shape index (κ1) is 14.3. The van der Waals surface area contributed by atoms with Crippen molar-refractivity contribution in [1.29, 1.82) is 0 Å². The summed E-state index contributed by atoms with van der Waals surface area (Å²) in [7, 11) is 0. The lowest BCUT2D eigenvalue weighted by Crippen LogP contribution is -2.50. The number of morpholine rings is 1. The highest BCUT2D eigenvalue weighted by Gasteiger charge is 2.35. The smallest absolute Gasteiger partial charge is 0.0644 e. The number of hydrogen-bond donors (Lipinski definition) is 0. The molecule has 0 aliphatic carbocycles. The number of hydrogen-bond acceptors (Lipinski definition) is 2. The second-order valence-electron chi connectivity index (χ2n) is 5.20. The minimum atomic E-state index is -0.0267. The van der Waals surface area contributed by atoms with Crippen molar-refractivity contribution in [3.8, 4) is 0 Å². The minimum Gasteiger partial charge on any atom is -0.379 e. The highest BCUT2D eigenvalue weighted by Crippen LogP contribution is 2.35. The maximum atomic E-state index is 5.50. The molecule has 1 unspecified atom stereocenters. The van der Waals surface area contributed by atoms with Crippen molar-refractivity contribution in [2.24, 2.45) is 0 Å². The van der Waals surface area contributed by atoms with Gasteiger partial charge in [-0.15, -0.1) is 6.58 Å². The quantitative estimate of drug-likeness (QED) is 0.724. The average Bonchev–Trinajstić information content (AvgIpc) is 2.51. The molecule has 104 valence electrons. The van der Waals surface area contributed by atoms with E-state index in [-0.39, 0.29) is 5.54 Å². The molecule has 0 bridgehead atoms. The standard InChI is InChI=1S/C17H25NO/c1-3-5-11-17(4-2,16-9-7-6-8-10-16)18-12-14-19-15-13-18/h4,6-10H,2-3,5,11-15H2,1H3. The Hall–Kier alpha value is -1.12. The summed E-state index contributed by atoms with van der Waals surface area (Å²) in [6, 6.07) is 10.8. The van der Waals surface area contributed by atoms with E-state index in [1.54, 1.807) is 0 Å². The van der Waals surface area contributed by atoms with Gasteiger partial charge in [0.25, 0.3) is 0 Å². The molecule has 2 nitrogen and oxygen atoms in total. The van der Waals surface area contributed by atoms with E-state index < -0.39 is 0 Å². The Labute approximate surface area is 117 Å². The van der Waals surface area contributed by atoms with E-state index in [0.717, 1.165) is 32.7 Å². The lowest BCUT2D eigenvalue weighted by molar-refractivity contribution is -0.0111. The molecule has 1 aromatic rings. The Bertz CT molecular complexity index is 384. The van der Waals surface area contributed by atoms with E-state index in [9.17, 15) is 0 Å². The highest BCUT2D eigenvalue weighted by atomic mass is 16.5. The maximum absolute atomic E-state index is 5.50. The molecule has 1 atom stereocenters. The molecule has 1 heterocycles. The predicted octanol–water partition coefficient (Wildman–Crippen LogP) is 3.59.